The maximum absolute atomic E-state index is 12.3. The molecule has 8 heteroatoms. The molecule has 2 heterocycles. The number of amides is 3. The highest BCUT2D eigenvalue weighted by Gasteiger charge is 2.34. The summed E-state index contributed by atoms with van der Waals surface area (Å²) < 4.78 is 0. The fourth-order valence-corrected chi connectivity index (χ4v) is 2.18. The second kappa shape index (κ2) is 5.14. The Hall–Kier alpha value is -1.66. The maximum atomic E-state index is 12.3. The molecule has 1 fully saturated rings. The minimum Gasteiger partial charge on any atom is -0.318 e. The van der Waals surface area contributed by atoms with Crippen LogP contribution in [0.2, 0.25) is 10.3 Å². The summed E-state index contributed by atoms with van der Waals surface area (Å²) in [5.41, 5.74) is 0.180. The first-order valence-corrected chi connectivity index (χ1v) is 6.12. The third kappa shape index (κ3) is 2.85. The van der Waals surface area contributed by atoms with Crippen LogP contribution in [0.4, 0.5) is 0 Å². The molecule has 0 saturated carbocycles. The molecule has 100 valence electrons. The molecule has 1 aromatic heterocycles. The molecule has 0 bridgehead atoms. The summed E-state index contributed by atoms with van der Waals surface area (Å²) in [6, 6.07) is 1.93. The number of halogens is 2. The van der Waals surface area contributed by atoms with Crippen molar-refractivity contribution in [1.82, 2.24) is 15.2 Å². The van der Waals surface area contributed by atoms with Gasteiger partial charge in [-0.05, 0) is 19.1 Å². The number of nitrogens with zero attached hydrogens (tertiary/aromatic N) is 2. The molecule has 19 heavy (non-hydrogen) atoms. The second-order valence-electron chi connectivity index (χ2n) is 4.02. The highest BCUT2D eigenvalue weighted by atomic mass is 35.5. The van der Waals surface area contributed by atoms with Gasteiger partial charge in [0, 0.05) is 5.56 Å². The molecule has 1 unspecified atom stereocenters. The predicted octanol–water partition coefficient (Wildman–Crippen LogP) is 0.875. The lowest BCUT2D eigenvalue weighted by Crippen LogP contribution is -2.58. The highest BCUT2D eigenvalue weighted by Crippen LogP contribution is 2.18. The Kier molecular flexibility index (Phi) is 3.73. The van der Waals surface area contributed by atoms with E-state index in [0.717, 1.165) is 4.90 Å². The lowest BCUT2D eigenvalue weighted by Gasteiger charge is -2.31. The van der Waals surface area contributed by atoms with E-state index in [9.17, 15) is 14.4 Å². The van der Waals surface area contributed by atoms with Crippen molar-refractivity contribution in [3.8, 4) is 0 Å². The molecule has 0 aromatic carbocycles. The first-order chi connectivity index (χ1) is 8.88. The zero-order valence-electron chi connectivity index (χ0n) is 9.81. The molecule has 1 aliphatic heterocycles. The average Bonchev–Trinajstić information content (AvgIpc) is 2.31. The van der Waals surface area contributed by atoms with Crippen LogP contribution >= 0.6 is 23.2 Å². The van der Waals surface area contributed by atoms with Crippen molar-refractivity contribution in [2.24, 2.45) is 0 Å². The summed E-state index contributed by atoms with van der Waals surface area (Å²) in [4.78, 5) is 39.9. The third-order valence-corrected chi connectivity index (χ3v) is 3.08. The van der Waals surface area contributed by atoms with Gasteiger partial charge in [-0.3, -0.25) is 19.7 Å². The standard InChI is InChI=1S/C11H9Cl2N3O3/c1-5-10(18)15-9(17)4-16(5)11(19)6-2-7(12)14-8(13)3-6/h2-3,5H,4H2,1H3,(H,15,17,18). The SMILES string of the molecule is CC1C(=O)NC(=O)CN1C(=O)c1cc(Cl)nc(Cl)c1. The van der Waals surface area contributed by atoms with Gasteiger partial charge < -0.3 is 4.90 Å². The number of rotatable bonds is 1. The van der Waals surface area contributed by atoms with Gasteiger partial charge in [-0.2, -0.15) is 0 Å². The lowest BCUT2D eigenvalue weighted by atomic mass is 10.1. The number of imide groups is 1. The van der Waals surface area contributed by atoms with Gasteiger partial charge in [-0.15, -0.1) is 0 Å². The Balaban J connectivity index is 2.32. The van der Waals surface area contributed by atoms with E-state index in [0.29, 0.717) is 0 Å². The first-order valence-electron chi connectivity index (χ1n) is 5.36. The normalized spacial score (nSPS) is 19.3. The van der Waals surface area contributed by atoms with E-state index < -0.39 is 23.8 Å². The monoisotopic (exact) mass is 301 g/mol. The van der Waals surface area contributed by atoms with Crippen molar-refractivity contribution >= 4 is 40.9 Å². The van der Waals surface area contributed by atoms with E-state index in [1.165, 1.54) is 19.1 Å². The summed E-state index contributed by atoms with van der Waals surface area (Å²) >= 11 is 11.4. The maximum Gasteiger partial charge on any atom is 0.255 e. The fraction of sp³-hybridized carbons (Fsp3) is 0.273. The van der Waals surface area contributed by atoms with Gasteiger partial charge in [0.25, 0.3) is 5.91 Å². The fourth-order valence-electron chi connectivity index (χ4n) is 1.72. The Morgan fingerprint density at radius 3 is 2.53 bits per heavy atom. The number of carbonyl (C=O) groups is 3. The van der Waals surface area contributed by atoms with Crippen molar-refractivity contribution in [3.63, 3.8) is 0 Å². The van der Waals surface area contributed by atoms with E-state index >= 15 is 0 Å². The predicted molar refractivity (Wildman–Crippen MR) is 67.9 cm³/mol. The number of hydrogen-bond donors (Lipinski definition) is 1. The van der Waals surface area contributed by atoms with Gasteiger partial charge in [0.05, 0.1) is 0 Å². The molecule has 0 radical (unpaired) electrons. The lowest BCUT2D eigenvalue weighted by molar-refractivity contribution is -0.138. The summed E-state index contributed by atoms with van der Waals surface area (Å²) in [5.74, 6) is -1.54. The van der Waals surface area contributed by atoms with Crippen molar-refractivity contribution in [2.75, 3.05) is 6.54 Å². The molecular weight excluding hydrogens is 293 g/mol. The van der Waals surface area contributed by atoms with Crippen LogP contribution in [0.3, 0.4) is 0 Å². The number of pyridine rings is 1. The molecule has 0 spiro atoms. The third-order valence-electron chi connectivity index (χ3n) is 2.69. The molecule has 6 nitrogen and oxygen atoms in total. The molecule has 1 N–H and O–H groups in total. The van der Waals surface area contributed by atoms with Gasteiger partial charge >= 0.3 is 0 Å². The molecule has 3 amide bonds. The van der Waals surface area contributed by atoms with E-state index in [2.05, 4.69) is 10.3 Å². The summed E-state index contributed by atoms with van der Waals surface area (Å²) in [5, 5.41) is 2.28. The van der Waals surface area contributed by atoms with Crippen molar-refractivity contribution in [1.29, 1.82) is 0 Å². The smallest absolute Gasteiger partial charge is 0.255 e. The summed E-state index contributed by atoms with van der Waals surface area (Å²) in [6.07, 6.45) is 0. The number of aromatic nitrogens is 1. The average molecular weight is 302 g/mol. The first kappa shape index (κ1) is 13.8. The van der Waals surface area contributed by atoms with Gasteiger partial charge in [0.1, 0.15) is 22.9 Å². The number of hydrogen-bond acceptors (Lipinski definition) is 4. The van der Waals surface area contributed by atoms with Crippen molar-refractivity contribution in [2.45, 2.75) is 13.0 Å². The van der Waals surface area contributed by atoms with Crippen LogP contribution in [0.15, 0.2) is 12.1 Å². The quantitative estimate of drug-likeness (QED) is 0.617. The molecule has 1 atom stereocenters. The summed E-state index contributed by atoms with van der Waals surface area (Å²) in [6.45, 7) is 1.34. The van der Waals surface area contributed by atoms with Crippen LogP contribution in [0.1, 0.15) is 17.3 Å². The minimum atomic E-state index is -0.740. The van der Waals surface area contributed by atoms with Crippen molar-refractivity contribution < 1.29 is 14.4 Å². The van der Waals surface area contributed by atoms with Gasteiger partial charge in [-0.25, -0.2) is 4.98 Å². The Morgan fingerprint density at radius 1 is 1.37 bits per heavy atom. The number of carbonyl (C=O) groups excluding carboxylic acids is 3. The van der Waals surface area contributed by atoms with Crippen LogP contribution in [-0.2, 0) is 9.59 Å². The van der Waals surface area contributed by atoms with E-state index in [-0.39, 0.29) is 22.4 Å². The zero-order chi connectivity index (χ0) is 14.2. The largest absolute Gasteiger partial charge is 0.318 e. The Labute approximate surface area is 118 Å². The van der Waals surface area contributed by atoms with Gasteiger partial charge in [-0.1, -0.05) is 23.2 Å². The number of nitrogens with one attached hydrogen (secondary N) is 1. The zero-order valence-corrected chi connectivity index (χ0v) is 11.3. The van der Waals surface area contributed by atoms with E-state index in [1.54, 1.807) is 0 Å². The Morgan fingerprint density at radius 2 is 1.95 bits per heavy atom. The molecule has 1 aromatic rings. The molecule has 0 aliphatic carbocycles. The molecule has 1 saturated heterocycles. The van der Waals surface area contributed by atoms with Gasteiger partial charge in [0.15, 0.2) is 0 Å². The van der Waals surface area contributed by atoms with Crippen LogP contribution in [0.5, 0.6) is 0 Å². The van der Waals surface area contributed by atoms with E-state index in [4.69, 9.17) is 23.2 Å². The summed E-state index contributed by atoms with van der Waals surface area (Å²) in [7, 11) is 0. The molecular formula is C11H9Cl2N3O3. The van der Waals surface area contributed by atoms with Crippen molar-refractivity contribution in [3.05, 3.63) is 28.0 Å². The van der Waals surface area contributed by atoms with Crippen LogP contribution in [0.25, 0.3) is 0 Å². The Bertz CT molecular complexity index is 556. The van der Waals surface area contributed by atoms with Crippen LogP contribution in [-0.4, -0.2) is 40.2 Å². The van der Waals surface area contributed by atoms with Crippen LogP contribution in [0, 0.1) is 0 Å². The minimum absolute atomic E-state index is 0.0660. The topological polar surface area (TPSA) is 79.4 Å². The highest BCUT2D eigenvalue weighted by molar-refractivity contribution is 6.33. The molecule has 2 rings (SSSR count). The molecule has 1 aliphatic rings. The van der Waals surface area contributed by atoms with Crippen LogP contribution < -0.4 is 5.32 Å². The number of piperazine rings is 1. The van der Waals surface area contributed by atoms with E-state index in [1.807, 2.05) is 0 Å². The van der Waals surface area contributed by atoms with Gasteiger partial charge in [0.2, 0.25) is 11.8 Å². The second-order valence-corrected chi connectivity index (χ2v) is 4.80.